The molecular weight excluding hydrogens is 220 g/mol. The third-order valence-corrected chi connectivity index (χ3v) is 2.83. The van der Waals surface area contributed by atoms with Gasteiger partial charge in [0, 0.05) is 27.3 Å². The Morgan fingerprint density at radius 3 is 2.00 bits per heavy atom. The van der Waals surface area contributed by atoms with Crippen LogP contribution in [0.25, 0.3) is 0 Å². The van der Waals surface area contributed by atoms with Crippen LogP contribution in [0, 0.1) is 0 Å². The van der Waals surface area contributed by atoms with Gasteiger partial charge in [0.1, 0.15) is 0 Å². The lowest BCUT2D eigenvalue weighted by Gasteiger charge is -2.28. The van der Waals surface area contributed by atoms with E-state index in [0.717, 1.165) is 13.1 Å². The lowest BCUT2D eigenvalue weighted by molar-refractivity contribution is -0.137. The molecule has 2 unspecified atom stereocenters. The highest BCUT2D eigenvalue weighted by molar-refractivity contribution is 5.81. The molecule has 0 saturated heterocycles. The second-order valence-corrected chi connectivity index (χ2v) is 4.03. The van der Waals surface area contributed by atoms with Gasteiger partial charge in [-0.05, 0) is 27.7 Å². The monoisotopic (exact) mass is 246 g/mol. The highest BCUT2D eigenvalue weighted by Gasteiger charge is 2.23. The summed E-state index contributed by atoms with van der Waals surface area (Å²) in [5.41, 5.74) is 0. The molecule has 17 heavy (non-hydrogen) atoms. The zero-order valence-electron chi connectivity index (χ0n) is 11.8. The highest BCUT2D eigenvalue weighted by atomic mass is 16.7. The Labute approximate surface area is 104 Å². The van der Waals surface area contributed by atoms with Gasteiger partial charge in [0.15, 0.2) is 6.29 Å². The van der Waals surface area contributed by atoms with Crippen LogP contribution in [0.15, 0.2) is 0 Å². The number of nitrogens with zero attached hydrogens (tertiary/aromatic N) is 1. The number of likely N-dealkylation sites (N-methyl/N-ethyl adjacent to an activating group) is 1. The fourth-order valence-electron chi connectivity index (χ4n) is 1.86. The number of rotatable bonds is 8. The Kier molecular flexibility index (Phi) is 8.12. The number of nitrogens with one attached hydrogen (secondary N) is 1. The second kappa shape index (κ2) is 8.44. The van der Waals surface area contributed by atoms with Gasteiger partial charge < -0.3 is 14.4 Å². The molecule has 1 N–H and O–H groups in total. The predicted molar refractivity (Wildman–Crippen MR) is 67.8 cm³/mol. The van der Waals surface area contributed by atoms with E-state index in [2.05, 4.69) is 5.32 Å². The van der Waals surface area contributed by atoms with Gasteiger partial charge in [-0.1, -0.05) is 0 Å². The van der Waals surface area contributed by atoms with Crippen molar-refractivity contribution in [1.29, 1.82) is 0 Å². The average Bonchev–Trinajstić information content (AvgIpc) is 2.31. The summed E-state index contributed by atoms with van der Waals surface area (Å²) in [5, 5.41) is 3.19. The first-order valence-electron chi connectivity index (χ1n) is 6.12. The van der Waals surface area contributed by atoms with Crippen molar-refractivity contribution in [2.45, 2.75) is 46.1 Å². The van der Waals surface area contributed by atoms with Crippen molar-refractivity contribution < 1.29 is 14.3 Å². The molecule has 0 aliphatic heterocycles. The van der Waals surface area contributed by atoms with Crippen LogP contribution in [0.1, 0.15) is 27.7 Å². The fourth-order valence-corrected chi connectivity index (χ4v) is 1.86. The summed E-state index contributed by atoms with van der Waals surface area (Å²) in [6, 6.07) is -0.280. The molecule has 0 heterocycles. The van der Waals surface area contributed by atoms with E-state index in [9.17, 15) is 4.79 Å². The minimum absolute atomic E-state index is 0.0421. The number of hydrogen-bond acceptors (Lipinski definition) is 4. The van der Waals surface area contributed by atoms with Crippen molar-refractivity contribution in [3.8, 4) is 0 Å². The van der Waals surface area contributed by atoms with Crippen molar-refractivity contribution in [3.05, 3.63) is 0 Å². The van der Waals surface area contributed by atoms with Crippen LogP contribution in [-0.4, -0.2) is 56.5 Å². The molecular formula is C12H26N2O3. The molecule has 0 aliphatic carbocycles. The minimum atomic E-state index is -0.345. The molecule has 0 aromatic rings. The zero-order valence-corrected chi connectivity index (χ0v) is 11.8. The highest BCUT2D eigenvalue weighted by Crippen LogP contribution is 2.02. The van der Waals surface area contributed by atoms with E-state index in [-0.39, 0.29) is 24.3 Å². The van der Waals surface area contributed by atoms with Gasteiger partial charge in [-0.15, -0.1) is 0 Å². The maximum absolute atomic E-state index is 12.0. The summed E-state index contributed by atoms with van der Waals surface area (Å²) in [7, 11) is 3.17. The van der Waals surface area contributed by atoms with Gasteiger partial charge in [-0.3, -0.25) is 10.1 Å². The Morgan fingerprint density at radius 1 is 1.18 bits per heavy atom. The fraction of sp³-hybridized carbons (Fsp3) is 0.917. The molecule has 1 amide bonds. The van der Waals surface area contributed by atoms with Gasteiger partial charge in [0.05, 0.1) is 12.1 Å². The van der Waals surface area contributed by atoms with Gasteiger partial charge in [0.25, 0.3) is 0 Å². The Balaban J connectivity index is 4.32. The van der Waals surface area contributed by atoms with Crippen LogP contribution < -0.4 is 5.32 Å². The smallest absolute Gasteiger partial charge is 0.239 e. The molecule has 0 bridgehead atoms. The van der Waals surface area contributed by atoms with Crippen molar-refractivity contribution in [3.63, 3.8) is 0 Å². The molecule has 0 spiro atoms. The van der Waals surface area contributed by atoms with Crippen LogP contribution in [0.2, 0.25) is 0 Å². The summed E-state index contributed by atoms with van der Waals surface area (Å²) in [5.74, 6) is 0.104. The van der Waals surface area contributed by atoms with Gasteiger partial charge in [-0.2, -0.15) is 0 Å². The standard InChI is InChI=1S/C12H26N2O3/c1-7-14(8-2)11(15)9(3)13-10(4)12(16-5)17-6/h9-10,12-13H,7-8H2,1-6H3. The van der Waals surface area contributed by atoms with Crippen LogP contribution >= 0.6 is 0 Å². The van der Waals surface area contributed by atoms with Crippen LogP contribution in [0.5, 0.6) is 0 Å². The third-order valence-electron chi connectivity index (χ3n) is 2.83. The number of carbonyl (C=O) groups is 1. The molecule has 0 aliphatic rings. The van der Waals surface area contributed by atoms with Gasteiger partial charge >= 0.3 is 0 Å². The van der Waals surface area contributed by atoms with Gasteiger partial charge in [0.2, 0.25) is 5.91 Å². The second-order valence-electron chi connectivity index (χ2n) is 4.03. The minimum Gasteiger partial charge on any atom is -0.354 e. The normalized spacial score (nSPS) is 14.8. The van der Waals surface area contributed by atoms with Crippen molar-refractivity contribution in [2.75, 3.05) is 27.3 Å². The molecule has 0 aromatic heterocycles. The van der Waals surface area contributed by atoms with E-state index in [1.165, 1.54) is 0 Å². The van der Waals surface area contributed by atoms with Crippen LogP contribution in [-0.2, 0) is 14.3 Å². The van der Waals surface area contributed by atoms with Crippen LogP contribution in [0.4, 0.5) is 0 Å². The van der Waals surface area contributed by atoms with Crippen molar-refractivity contribution >= 4 is 5.91 Å². The number of hydrogen-bond donors (Lipinski definition) is 1. The molecule has 5 nitrogen and oxygen atoms in total. The summed E-state index contributed by atoms with van der Waals surface area (Å²) in [6.07, 6.45) is -0.345. The summed E-state index contributed by atoms with van der Waals surface area (Å²) in [6.45, 7) is 9.21. The maximum atomic E-state index is 12.0. The molecule has 0 radical (unpaired) electrons. The zero-order chi connectivity index (χ0) is 13.4. The van der Waals surface area contributed by atoms with E-state index < -0.39 is 0 Å². The maximum Gasteiger partial charge on any atom is 0.239 e. The largest absolute Gasteiger partial charge is 0.354 e. The molecule has 0 rings (SSSR count). The Hall–Kier alpha value is -0.650. The van der Waals surface area contributed by atoms with Crippen molar-refractivity contribution in [1.82, 2.24) is 10.2 Å². The number of carbonyl (C=O) groups excluding carboxylic acids is 1. The lowest BCUT2D eigenvalue weighted by atomic mass is 10.2. The van der Waals surface area contributed by atoms with E-state index in [1.807, 2.05) is 27.7 Å². The van der Waals surface area contributed by atoms with Gasteiger partial charge in [-0.25, -0.2) is 0 Å². The Morgan fingerprint density at radius 2 is 1.65 bits per heavy atom. The summed E-state index contributed by atoms with van der Waals surface area (Å²) in [4.78, 5) is 13.8. The third kappa shape index (κ3) is 5.02. The topological polar surface area (TPSA) is 50.8 Å². The van der Waals surface area contributed by atoms with Crippen molar-refractivity contribution in [2.24, 2.45) is 0 Å². The lowest BCUT2D eigenvalue weighted by Crippen LogP contribution is -2.51. The molecule has 2 atom stereocenters. The summed E-state index contributed by atoms with van der Waals surface area (Å²) < 4.78 is 10.3. The first-order valence-corrected chi connectivity index (χ1v) is 6.12. The number of ether oxygens (including phenoxy) is 2. The average molecular weight is 246 g/mol. The number of methoxy groups -OCH3 is 2. The molecule has 102 valence electrons. The summed E-state index contributed by atoms with van der Waals surface area (Å²) >= 11 is 0. The first kappa shape index (κ1) is 16.4. The number of amides is 1. The Bertz CT molecular complexity index is 216. The quantitative estimate of drug-likeness (QED) is 0.645. The molecule has 0 fully saturated rings. The molecule has 5 heteroatoms. The van der Waals surface area contributed by atoms with E-state index >= 15 is 0 Å². The molecule has 0 aromatic carbocycles. The SMILES string of the molecule is CCN(CC)C(=O)C(C)NC(C)C(OC)OC. The van der Waals surface area contributed by atoms with E-state index in [4.69, 9.17) is 9.47 Å². The first-order chi connectivity index (χ1) is 8.01. The van der Waals surface area contributed by atoms with Crippen LogP contribution in [0.3, 0.4) is 0 Å². The predicted octanol–water partition coefficient (Wildman–Crippen LogP) is 0.840. The van der Waals surface area contributed by atoms with E-state index in [1.54, 1.807) is 19.1 Å². The molecule has 0 saturated carbocycles. The van der Waals surface area contributed by atoms with E-state index in [0.29, 0.717) is 0 Å².